The number of aromatic nitrogens is 1. The van der Waals surface area contributed by atoms with Gasteiger partial charge in [0.2, 0.25) is 15.9 Å². The molecular formula is C14H25N3O4S. The Morgan fingerprint density at radius 3 is 2.59 bits per heavy atom. The number of ether oxygens (including phenoxy) is 1. The Kier molecular flexibility index (Phi) is 6.30. The van der Waals surface area contributed by atoms with Crippen LogP contribution in [0.5, 0.6) is 5.88 Å². The molecule has 22 heavy (non-hydrogen) atoms. The highest BCUT2D eigenvalue weighted by Crippen LogP contribution is 2.22. The van der Waals surface area contributed by atoms with Crippen molar-refractivity contribution in [1.82, 2.24) is 14.6 Å². The van der Waals surface area contributed by atoms with Gasteiger partial charge in [-0.1, -0.05) is 0 Å². The Bertz CT molecular complexity index is 582. The summed E-state index contributed by atoms with van der Waals surface area (Å²) in [5.74, 6) is -0.00833. The molecule has 0 radical (unpaired) electrons. The Morgan fingerprint density at radius 2 is 2.05 bits per heavy atom. The summed E-state index contributed by atoms with van der Waals surface area (Å²) in [6.45, 7) is 6.26. The molecule has 1 heterocycles. The zero-order valence-corrected chi connectivity index (χ0v) is 14.5. The maximum absolute atomic E-state index is 12.2. The van der Waals surface area contributed by atoms with Crippen LogP contribution in [0.3, 0.4) is 0 Å². The van der Waals surface area contributed by atoms with Crippen molar-refractivity contribution in [1.29, 1.82) is 0 Å². The van der Waals surface area contributed by atoms with E-state index in [-0.39, 0.29) is 22.9 Å². The summed E-state index contributed by atoms with van der Waals surface area (Å²) in [6.07, 6.45) is 0.681. The number of hydrogen-bond donors (Lipinski definition) is 2. The fourth-order valence-corrected chi connectivity index (χ4v) is 2.51. The monoisotopic (exact) mass is 331 g/mol. The Balaban J connectivity index is 2.76. The quantitative estimate of drug-likeness (QED) is 0.754. The van der Waals surface area contributed by atoms with E-state index in [9.17, 15) is 13.5 Å². The van der Waals surface area contributed by atoms with E-state index in [4.69, 9.17) is 4.74 Å². The van der Waals surface area contributed by atoms with Crippen molar-refractivity contribution < 1.29 is 18.3 Å². The first kappa shape index (κ1) is 18.8. The normalized spacial score (nSPS) is 14.1. The molecule has 2 N–H and O–H groups in total. The molecule has 1 atom stereocenters. The molecule has 1 rings (SSSR count). The minimum Gasteiger partial charge on any atom is -0.474 e. The largest absolute Gasteiger partial charge is 0.474 e. The smallest absolute Gasteiger partial charge is 0.247 e. The van der Waals surface area contributed by atoms with Crippen LogP contribution in [0.15, 0.2) is 23.2 Å². The van der Waals surface area contributed by atoms with Crippen LogP contribution < -0.4 is 10.1 Å². The first-order chi connectivity index (χ1) is 10.0. The maximum atomic E-state index is 12.2. The zero-order valence-electron chi connectivity index (χ0n) is 13.7. The predicted octanol–water partition coefficient (Wildman–Crippen LogP) is 0.460. The summed E-state index contributed by atoms with van der Waals surface area (Å²) in [5, 5.41) is 13.0. The fraction of sp³-hybridized carbons (Fsp3) is 0.643. The summed E-state index contributed by atoms with van der Waals surface area (Å²) >= 11 is 0. The van der Waals surface area contributed by atoms with Crippen LogP contribution in [0.2, 0.25) is 0 Å². The molecule has 0 aromatic carbocycles. The lowest BCUT2D eigenvalue weighted by Crippen LogP contribution is -2.42. The van der Waals surface area contributed by atoms with Crippen molar-refractivity contribution in [2.75, 3.05) is 27.2 Å². The van der Waals surface area contributed by atoms with Crippen LogP contribution in [-0.4, -0.2) is 61.7 Å². The third kappa shape index (κ3) is 5.53. The van der Waals surface area contributed by atoms with Gasteiger partial charge >= 0.3 is 0 Å². The van der Waals surface area contributed by atoms with Gasteiger partial charge in [0.05, 0.1) is 0 Å². The van der Waals surface area contributed by atoms with Gasteiger partial charge < -0.3 is 15.2 Å². The number of hydrogen-bond acceptors (Lipinski definition) is 6. The molecule has 126 valence electrons. The molecule has 0 unspecified atom stereocenters. The second-order valence-electron chi connectivity index (χ2n) is 6.19. The van der Waals surface area contributed by atoms with Crippen LogP contribution in [0.1, 0.15) is 20.8 Å². The molecule has 0 aliphatic rings. The number of rotatable bonds is 7. The Morgan fingerprint density at radius 1 is 1.41 bits per heavy atom. The van der Waals surface area contributed by atoms with Gasteiger partial charge in [-0.2, -0.15) is 0 Å². The van der Waals surface area contributed by atoms with Crippen molar-refractivity contribution in [3.63, 3.8) is 0 Å². The zero-order chi connectivity index (χ0) is 17.0. The van der Waals surface area contributed by atoms with Crippen molar-refractivity contribution in [2.45, 2.75) is 37.3 Å². The number of nitrogens with one attached hydrogen (secondary N) is 1. The SMILES string of the molecule is CN(C)S(=O)(=O)c1cccnc1OC[C@@H](O)CNC(C)(C)C. The number of nitrogens with zero attached hydrogens (tertiary/aromatic N) is 2. The lowest BCUT2D eigenvalue weighted by molar-refractivity contribution is 0.0960. The average molecular weight is 331 g/mol. The third-order valence-corrected chi connectivity index (χ3v) is 4.60. The number of aliphatic hydroxyl groups excluding tert-OH is 1. The molecule has 0 saturated heterocycles. The lowest BCUT2D eigenvalue weighted by atomic mass is 10.1. The number of sulfonamides is 1. The second kappa shape index (κ2) is 7.36. The first-order valence-electron chi connectivity index (χ1n) is 6.97. The van der Waals surface area contributed by atoms with Crippen molar-refractivity contribution >= 4 is 10.0 Å². The first-order valence-corrected chi connectivity index (χ1v) is 8.41. The summed E-state index contributed by atoms with van der Waals surface area (Å²) in [7, 11) is -0.765. The van der Waals surface area contributed by atoms with Crippen molar-refractivity contribution in [3.05, 3.63) is 18.3 Å². The van der Waals surface area contributed by atoms with Crippen LogP contribution in [0, 0.1) is 0 Å². The van der Waals surface area contributed by atoms with Crippen LogP contribution in [0.25, 0.3) is 0 Å². The van der Waals surface area contributed by atoms with Gasteiger partial charge in [0.1, 0.15) is 17.6 Å². The van der Waals surface area contributed by atoms with E-state index >= 15 is 0 Å². The molecule has 7 nitrogen and oxygen atoms in total. The topological polar surface area (TPSA) is 91.8 Å². The molecule has 1 aromatic rings. The van der Waals surface area contributed by atoms with Crippen molar-refractivity contribution in [2.24, 2.45) is 0 Å². The number of pyridine rings is 1. The third-order valence-electron chi connectivity index (χ3n) is 2.78. The van der Waals surface area contributed by atoms with Gasteiger partial charge in [-0.15, -0.1) is 0 Å². The van der Waals surface area contributed by atoms with E-state index in [1.165, 1.54) is 32.4 Å². The van der Waals surface area contributed by atoms with Gasteiger partial charge in [-0.25, -0.2) is 17.7 Å². The van der Waals surface area contributed by atoms with E-state index in [1.807, 2.05) is 20.8 Å². The molecule has 0 aliphatic carbocycles. The van der Waals surface area contributed by atoms with Crippen LogP contribution >= 0.6 is 0 Å². The molecular weight excluding hydrogens is 306 g/mol. The molecule has 0 saturated carbocycles. The van der Waals surface area contributed by atoms with Crippen molar-refractivity contribution in [3.8, 4) is 5.88 Å². The van der Waals surface area contributed by atoms with Gasteiger partial charge in [-0.3, -0.25) is 0 Å². The highest BCUT2D eigenvalue weighted by atomic mass is 32.2. The highest BCUT2D eigenvalue weighted by molar-refractivity contribution is 7.89. The van der Waals surface area contributed by atoms with E-state index in [0.29, 0.717) is 6.54 Å². The minimum absolute atomic E-state index is 0.00833. The molecule has 0 aliphatic heterocycles. The van der Waals surface area contributed by atoms with Gasteiger partial charge in [-0.05, 0) is 32.9 Å². The van der Waals surface area contributed by atoms with E-state index in [1.54, 1.807) is 0 Å². The summed E-state index contributed by atoms with van der Waals surface area (Å²) in [6, 6.07) is 2.96. The van der Waals surface area contributed by atoms with E-state index in [2.05, 4.69) is 10.3 Å². The van der Waals surface area contributed by atoms with Gasteiger partial charge in [0, 0.05) is 32.4 Å². The summed E-state index contributed by atoms with van der Waals surface area (Å²) < 4.78 is 30.9. The van der Waals surface area contributed by atoms with Crippen LogP contribution in [-0.2, 0) is 10.0 Å². The average Bonchev–Trinajstić information content (AvgIpc) is 2.42. The minimum atomic E-state index is -3.64. The molecule has 0 amide bonds. The second-order valence-corrected chi connectivity index (χ2v) is 8.31. The summed E-state index contributed by atoms with van der Waals surface area (Å²) in [5.41, 5.74) is -0.120. The highest BCUT2D eigenvalue weighted by Gasteiger charge is 2.23. The maximum Gasteiger partial charge on any atom is 0.247 e. The van der Waals surface area contributed by atoms with E-state index < -0.39 is 16.1 Å². The summed E-state index contributed by atoms with van der Waals surface area (Å²) in [4.78, 5) is 3.93. The molecule has 0 fully saturated rings. The predicted molar refractivity (Wildman–Crippen MR) is 84.4 cm³/mol. The Labute approximate surface area is 132 Å². The van der Waals surface area contributed by atoms with Crippen LogP contribution in [0.4, 0.5) is 0 Å². The molecule has 0 spiro atoms. The standard InChI is InChI=1S/C14H25N3O4S/c1-14(2,3)16-9-11(18)10-21-13-12(7-6-8-15-13)22(19,20)17(4)5/h6-8,11,16,18H,9-10H2,1-5H3/t11-/m0/s1. The van der Waals surface area contributed by atoms with Gasteiger partial charge in [0.25, 0.3) is 0 Å². The van der Waals surface area contributed by atoms with Gasteiger partial charge in [0.15, 0.2) is 0 Å². The number of β-amino-alcohol motifs (C(OH)–C–C–N with tert-alkyl or cyclic N) is 1. The van der Waals surface area contributed by atoms with E-state index in [0.717, 1.165) is 4.31 Å². The molecule has 8 heteroatoms. The lowest BCUT2D eigenvalue weighted by Gasteiger charge is -2.23. The molecule has 0 bridgehead atoms. The fourth-order valence-electron chi connectivity index (χ4n) is 1.54. The molecule has 1 aromatic heterocycles. The number of aliphatic hydroxyl groups is 1. The Hall–Kier alpha value is -1.22.